The Kier molecular flexibility index (Phi) is 6.51. The highest BCUT2D eigenvalue weighted by molar-refractivity contribution is 7.99. The van der Waals surface area contributed by atoms with Crippen LogP contribution >= 0.6 is 11.8 Å². The number of aryl methyl sites for hydroxylation is 1. The molecule has 0 atom stereocenters. The van der Waals surface area contributed by atoms with E-state index in [2.05, 4.69) is 4.99 Å². The third-order valence-corrected chi connectivity index (χ3v) is 5.26. The molecule has 0 heterocycles. The van der Waals surface area contributed by atoms with Crippen LogP contribution < -0.4 is 9.47 Å². The van der Waals surface area contributed by atoms with Crippen molar-refractivity contribution in [3.05, 3.63) is 81.9 Å². The molecule has 0 radical (unpaired) electrons. The van der Waals surface area contributed by atoms with Gasteiger partial charge in [0.15, 0.2) is 11.5 Å². The molecular weight excluding hydrogens is 388 g/mol. The third-order valence-electron chi connectivity index (χ3n) is 4.24. The monoisotopic (exact) mass is 408 g/mol. The smallest absolute Gasteiger partial charge is 0.269 e. The van der Waals surface area contributed by atoms with Crippen LogP contribution in [0.2, 0.25) is 0 Å². The molecule has 0 aliphatic carbocycles. The van der Waals surface area contributed by atoms with Gasteiger partial charge in [0.25, 0.3) is 5.69 Å². The van der Waals surface area contributed by atoms with Crippen molar-refractivity contribution in [1.82, 2.24) is 0 Å². The molecule has 7 heteroatoms. The van der Waals surface area contributed by atoms with Gasteiger partial charge in [0.2, 0.25) is 0 Å². The molecule has 3 rings (SSSR count). The quantitative estimate of drug-likeness (QED) is 0.280. The standard InChI is InChI=1S/C22H20N2O4S/c1-15-12-21(27-2)22(28-3)13-16(15)14-23-17-4-8-19(9-5-17)29-20-10-6-18(7-11-20)24(25)26/h4-14H,1-3H3. The van der Waals surface area contributed by atoms with Crippen molar-refractivity contribution in [2.45, 2.75) is 16.7 Å². The Hall–Kier alpha value is -3.32. The minimum atomic E-state index is -0.401. The van der Waals surface area contributed by atoms with Gasteiger partial charge in [0.1, 0.15) is 0 Å². The molecule has 0 saturated heterocycles. The summed E-state index contributed by atoms with van der Waals surface area (Å²) in [6.45, 7) is 1.99. The molecule has 6 nitrogen and oxygen atoms in total. The summed E-state index contributed by atoms with van der Waals surface area (Å²) in [7, 11) is 3.22. The maximum Gasteiger partial charge on any atom is 0.269 e. The van der Waals surface area contributed by atoms with Crippen LogP contribution in [0.25, 0.3) is 0 Å². The molecule has 0 aliphatic rings. The number of nitro benzene ring substituents is 1. The lowest BCUT2D eigenvalue weighted by atomic mass is 10.1. The minimum absolute atomic E-state index is 0.0875. The number of benzene rings is 3. The van der Waals surface area contributed by atoms with Crippen LogP contribution in [0.4, 0.5) is 11.4 Å². The summed E-state index contributed by atoms with van der Waals surface area (Å²) in [5.74, 6) is 1.35. The fourth-order valence-corrected chi connectivity index (χ4v) is 3.47. The van der Waals surface area contributed by atoms with Crippen LogP contribution in [0.1, 0.15) is 11.1 Å². The molecule has 0 bridgehead atoms. The Bertz CT molecular complexity index is 1030. The Morgan fingerprint density at radius 3 is 2.03 bits per heavy atom. The highest BCUT2D eigenvalue weighted by Gasteiger charge is 2.07. The van der Waals surface area contributed by atoms with Gasteiger partial charge < -0.3 is 9.47 Å². The Morgan fingerprint density at radius 1 is 0.931 bits per heavy atom. The van der Waals surface area contributed by atoms with Crippen LogP contribution in [0.5, 0.6) is 11.5 Å². The summed E-state index contributed by atoms with van der Waals surface area (Å²) in [6, 6.07) is 18.1. The highest BCUT2D eigenvalue weighted by Crippen LogP contribution is 2.31. The molecule has 148 valence electrons. The second kappa shape index (κ2) is 9.25. The van der Waals surface area contributed by atoms with Gasteiger partial charge in [0, 0.05) is 28.1 Å². The van der Waals surface area contributed by atoms with Crippen molar-refractivity contribution < 1.29 is 14.4 Å². The van der Waals surface area contributed by atoms with Gasteiger partial charge >= 0.3 is 0 Å². The van der Waals surface area contributed by atoms with Crippen LogP contribution in [0.3, 0.4) is 0 Å². The van der Waals surface area contributed by atoms with Gasteiger partial charge in [-0.25, -0.2) is 0 Å². The molecule has 3 aromatic rings. The summed E-state index contributed by atoms with van der Waals surface area (Å²) >= 11 is 1.54. The van der Waals surface area contributed by atoms with Crippen LogP contribution in [0.15, 0.2) is 75.4 Å². The number of nitrogens with zero attached hydrogens (tertiary/aromatic N) is 2. The second-order valence-corrected chi connectivity index (χ2v) is 7.32. The minimum Gasteiger partial charge on any atom is -0.493 e. The van der Waals surface area contributed by atoms with E-state index >= 15 is 0 Å². The number of ether oxygens (including phenoxy) is 2. The predicted octanol–water partition coefficient (Wildman–Crippen LogP) is 5.82. The Labute approximate surface area is 173 Å². The van der Waals surface area contributed by atoms with Crippen molar-refractivity contribution in [1.29, 1.82) is 0 Å². The van der Waals surface area contributed by atoms with E-state index in [1.807, 2.05) is 43.3 Å². The van der Waals surface area contributed by atoms with Crippen molar-refractivity contribution in [2.75, 3.05) is 14.2 Å². The first kappa shape index (κ1) is 20.4. The SMILES string of the molecule is COc1cc(C)c(C=Nc2ccc(Sc3ccc([N+](=O)[O-])cc3)cc2)cc1OC. The molecular formula is C22H20N2O4S. The normalized spacial score (nSPS) is 10.9. The Balaban J connectivity index is 1.71. The van der Waals surface area contributed by atoms with E-state index in [-0.39, 0.29) is 5.69 Å². The highest BCUT2D eigenvalue weighted by atomic mass is 32.2. The summed E-state index contributed by atoms with van der Waals surface area (Å²) in [4.78, 5) is 16.8. The average Bonchev–Trinajstić information content (AvgIpc) is 2.74. The van der Waals surface area contributed by atoms with Crippen molar-refractivity contribution >= 4 is 29.4 Å². The van der Waals surface area contributed by atoms with Gasteiger partial charge in [-0.2, -0.15) is 0 Å². The maximum atomic E-state index is 10.7. The molecule has 0 N–H and O–H groups in total. The number of hydrogen-bond donors (Lipinski definition) is 0. The molecule has 0 aromatic heterocycles. The van der Waals surface area contributed by atoms with E-state index in [9.17, 15) is 10.1 Å². The lowest BCUT2D eigenvalue weighted by molar-refractivity contribution is -0.384. The molecule has 0 amide bonds. The predicted molar refractivity (Wildman–Crippen MR) is 115 cm³/mol. The molecule has 0 aliphatic heterocycles. The van der Waals surface area contributed by atoms with Crippen molar-refractivity contribution in [3.63, 3.8) is 0 Å². The molecule has 0 spiro atoms. The third kappa shape index (κ3) is 5.14. The average molecular weight is 408 g/mol. The zero-order valence-electron chi connectivity index (χ0n) is 16.3. The molecule has 29 heavy (non-hydrogen) atoms. The first-order chi connectivity index (χ1) is 14.0. The van der Waals surface area contributed by atoms with E-state index in [4.69, 9.17) is 9.47 Å². The number of methoxy groups -OCH3 is 2. The number of aliphatic imine (C=N–C) groups is 1. The van der Waals surface area contributed by atoms with Crippen molar-refractivity contribution in [3.8, 4) is 11.5 Å². The van der Waals surface area contributed by atoms with Gasteiger partial charge in [-0.15, -0.1) is 0 Å². The zero-order valence-corrected chi connectivity index (χ0v) is 17.1. The van der Waals surface area contributed by atoms with Gasteiger partial charge in [-0.3, -0.25) is 15.1 Å². The van der Waals surface area contributed by atoms with Gasteiger partial charge in [-0.1, -0.05) is 11.8 Å². The first-order valence-electron chi connectivity index (χ1n) is 8.79. The van der Waals surface area contributed by atoms with Gasteiger partial charge in [0.05, 0.1) is 24.8 Å². The number of nitro groups is 1. The topological polar surface area (TPSA) is 74.0 Å². The fraction of sp³-hybridized carbons (Fsp3) is 0.136. The van der Waals surface area contributed by atoms with E-state index in [0.29, 0.717) is 11.5 Å². The lowest BCUT2D eigenvalue weighted by Crippen LogP contribution is -1.95. The number of rotatable bonds is 7. The van der Waals surface area contributed by atoms with E-state index in [1.54, 1.807) is 32.6 Å². The maximum absolute atomic E-state index is 10.7. The van der Waals surface area contributed by atoms with Gasteiger partial charge in [-0.05, 0) is 66.6 Å². The molecule has 3 aromatic carbocycles. The lowest BCUT2D eigenvalue weighted by Gasteiger charge is -2.10. The largest absolute Gasteiger partial charge is 0.493 e. The summed E-state index contributed by atoms with van der Waals surface area (Å²) in [5, 5.41) is 10.7. The number of non-ortho nitro benzene ring substituents is 1. The fourth-order valence-electron chi connectivity index (χ4n) is 2.65. The zero-order chi connectivity index (χ0) is 20.8. The van der Waals surface area contributed by atoms with E-state index in [0.717, 1.165) is 26.6 Å². The van der Waals surface area contributed by atoms with Crippen molar-refractivity contribution in [2.24, 2.45) is 4.99 Å². The summed E-state index contributed by atoms with van der Waals surface area (Å²) in [5.41, 5.74) is 2.90. The van der Waals surface area contributed by atoms with E-state index < -0.39 is 4.92 Å². The summed E-state index contributed by atoms with van der Waals surface area (Å²) < 4.78 is 10.7. The summed E-state index contributed by atoms with van der Waals surface area (Å²) in [6.07, 6.45) is 1.80. The van der Waals surface area contributed by atoms with Crippen LogP contribution in [-0.4, -0.2) is 25.4 Å². The number of hydrogen-bond acceptors (Lipinski definition) is 6. The molecule has 0 unspecified atom stereocenters. The molecule has 0 fully saturated rings. The van der Waals surface area contributed by atoms with E-state index in [1.165, 1.54) is 23.9 Å². The first-order valence-corrected chi connectivity index (χ1v) is 9.61. The molecule has 0 saturated carbocycles. The second-order valence-electron chi connectivity index (χ2n) is 6.17. The van der Waals surface area contributed by atoms with Crippen LogP contribution in [0, 0.1) is 17.0 Å². The Morgan fingerprint density at radius 2 is 1.48 bits per heavy atom. The van der Waals surface area contributed by atoms with Crippen LogP contribution in [-0.2, 0) is 0 Å².